The summed E-state index contributed by atoms with van der Waals surface area (Å²) in [5.41, 5.74) is 0.795. The quantitative estimate of drug-likeness (QED) is 0.919. The molecule has 4 nitrogen and oxygen atoms in total. The van der Waals surface area contributed by atoms with E-state index >= 15 is 0 Å². The fourth-order valence-corrected chi connectivity index (χ4v) is 1.84. The molecule has 1 saturated carbocycles. The van der Waals surface area contributed by atoms with E-state index in [1.54, 1.807) is 12.3 Å². The van der Waals surface area contributed by atoms with Crippen LogP contribution >= 0.6 is 11.6 Å². The zero-order chi connectivity index (χ0) is 13.9. The van der Waals surface area contributed by atoms with Gasteiger partial charge in [-0.1, -0.05) is 11.6 Å². The minimum Gasteiger partial charge on any atom is -0.437 e. The van der Waals surface area contributed by atoms with Crippen molar-refractivity contribution in [1.29, 1.82) is 0 Å². The van der Waals surface area contributed by atoms with E-state index in [9.17, 15) is 4.39 Å². The summed E-state index contributed by atoms with van der Waals surface area (Å²) in [7, 11) is 0. The molecule has 104 valence electrons. The molecular formula is C14H13ClFN3O. The van der Waals surface area contributed by atoms with E-state index in [2.05, 4.69) is 15.3 Å². The number of rotatable bonds is 5. The molecule has 1 aromatic heterocycles. The van der Waals surface area contributed by atoms with Crippen LogP contribution in [0.1, 0.15) is 18.5 Å². The molecule has 20 heavy (non-hydrogen) atoms. The van der Waals surface area contributed by atoms with Gasteiger partial charge in [0.2, 0.25) is 5.88 Å². The number of hydrogen-bond acceptors (Lipinski definition) is 4. The smallest absolute Gasteiger partial charge is 0.238 e. The minimum absolute atomic E-state index is 0.0609. The van der Waals surface area contributed by atoms with Crippen molar-refractivity contribution in [2.24, 2.45) is 0 Å². The Kier molecular flexibility index (Phi) is 3.80. The molecule has 0 bridgehead atoms. The molecule has 1 heterocycles. The molecule has 0 amide bonds. The van der Waals surface area contributed by atoms with Crippen molar-refractivity contribution in [3.63, 3.8) is 0 Å². The van der Waals surface area contributed by atoms with E-state index in [0.717, 1.165) is 5.69 Å². The summed E-state index contributed by atoms with van der Waals surface area (Å²) in [4.78, 5) is 8.39. The Hall–Kier alpha value is -1.72. The van der Waals surface area contributed by atoms with Crippen LogP contribution in [0, 0.1) is 5.82 Å². The average molecular weight is 294 g/mol. The van der Waals surface area contributed by atoms with Crippen LogP contribution in [-0.2, 0) is 6.54 Å². The van der Waals surface area contributed by atoms with Gasteiger partial charge in [0, 0.05) is 24.8 Å². The maximum Gasteiger partial charge on any atom is 0.238 e. The van der Waals surface area contributed by atoms with Crippen molar-refractivity contribution >= 4 is 11.6 Å². The Morgan fingerprint density at radius 3 is 2.95 bits per heavy atom. The molecule has 0 saturated heterocycles. The van der Waals surface area contributed by atoms with Gasteiger partial charge in [-0.15, -0.1) is 0 Å². The standard InChI is InChI=1S/C14H13ClFN3O/c15-12-4-3-11(5-13(12)16)20-14-8-17-6-10(19-14)7-18-9-1-2-9/h3-6,8-9,18H,1-2,7H2. The number of ether oxygens (including phenoxy) is 1. The lowest BCUT2D eigenvalue weighted by Crippen LogP contribution is -2.16. The van der Waals surface area contributed by atoms with Gasteiger partial charge in [-0.2, -0.15) is 0 Å². The minimum atomic E-state index is -0.524. The lowest BCUT2D eigenvalue weighted by molar-refractivity contribution is 0.452. The number of halogens is 2. The van der Waals surface area contributed by atoms with E-state index in [1.165, 1.54) is 31.2 Å². The molecule has 2 aromatic rings. The molecule has 0 aliphatic heterocycles. The van der Waals surface area contributed by atoms with Crippen LogP contribution in [0.4, 0.5) is 4.39 Å². The van der Waals surface area contributed by atoms with Gasteiger partial charge >= 0.3 is 0 Å². The Labute approximate surface area is 121 Å². The number of hydrogen-bond donors (Lipinski definition) is 1. The van der Waals surface area contributed by atoms with Crippen LogP contribution in [0.15, 0.2) is 30.6 Å². The summed E-state index contributed by atoms with van der Waals surface area (Å²) >= 11 is 5.62. The third kappa shape index (κ3) is 3.43. The molecule has 0 atom stereocenters. The largest absolute Gasteiger partial charge is 0.437 e. The maximum absolute atomic E-state index is 13.3. The van der Waals surface area contributed by atoms with Crippen LogP contribution in [0.5, 0.6) is 11.6 Å². The summed E-state index contributed by atoms with van der Waals surface area (Å²) in [6.07, 6.45) is 5.61. The highest BCUT2D eigenvalue weighted by Gasteiger charge is 2.20. The van der Waals surface area contributed by atoms with E-state index < -0.39 is 5.82 Å². The molecule has 0 unspecified atom stereocenters. The molecule has 1 fully saturated rings. The number of nitrogens with zero attached hydrogens (tertiary/aromatic N) is 2. The van der Waals surface area contributed by atoms with Gasteiger partial charge in [-0.05, 0) is 25.0 Å². The van der Waals surface area contributed by atoms with E-state index in [0.29, 0.717) is 24.2 Å². The first-order chi connectivity index (χ1) is 9.70. The van der Waals surface area contributed by atoms with Crippen LogP contribution in [0.25, 0.3) is 0 Å². The van der Waals surface area contributed by atoms with Crippen LogP contribution in [0.2, 0.25) is 5.02 Å². The van der Waals surface area contributed by atoms with E-state index in [4.69, 9.17) is 16.3 Å². The maximum atomic E-state index is 13.3. The predicted molar refractivity (Wildman–Crippen MR) is 73.4 cm³/mol. The highest BCUT2D eigenvalue weighted by molar-refractivity contribution is 6.30. The summed E-state index contributed by atoms with van der Waals surface area (Å²) in [6.45, 7) is 0.657. The zero-order valence-corrected chi connectivity index (χ0v) is 11.4. The Bertz CT molecular complexity index is 619. The second-order valence-electron chi connectivity index (χ2n) is 4.68. The molecule has 1 aliphatic carbocycles. The molecule has 1 aromatic carbocycles. The van der Waals surface area contributed by atoms with Crippen molar-refractivity contribution in [1.82, 2.24) is 15.3 Å². The molecular weight excluding hydrogens is 281 g/mol. The summed E-state index contributed by atoms with van der Waals surface area (Å²) in [5.74, 6) is 0.152. The monoisotopic (exact) mass is 293 g/mol. The SMILES string of the molecule is Fc1cc(Oc2cncc(CNC3CC3)n2)ccc1Cl. The van der Waals surface area contributed by atoms with Gasteiger partial charge in [0.1, 0.15) is 11.6 Å². The fourth-order valence-electron chi connectivity index (χ4n) is 1.72. The average Bonchev–Trinajstić information content (AvgIpc) is 3.25. The number of benzene rings is 1. The predicted octanol–water partition coefficient (Wildman–Crippen LogP) is 3.31. The Morgan fingerprint density at radius 1 is 1.35 bits per heavy atom. The Morgan fingerprint density at radius 2 is 2.20 bits per heavy atom. The van der Waals surface area contributed by atoms with Crippen molar-refractivity contribution in [2.45, 2.75) is 25.4 Å². The summed E-state index contributed by atoms with van der Waals surface area (Å²) in [5, 5.41) is 3.41. The fraction of sp³-hybridized carbons (Fsp3) is 0.286. The third-order valence-corrected chi connectivity index (χ3v) is 3.23. The normalized spacial score (nSPS) is 14.3. The summed E-state index contributed by atoms with van der Waals surface area (Å²) in [6, 6.07) is 4.85. The van der Waals surface area contributed by atoms with Crippen LogP contribution < -0.4 is 10.1 Å². The van der Waals surface area contributed by atoms with Gasteiger partial charge in [0.15, 0.2) is 0 Å². The number of nitrogens with one attached hydrogen (secondary N) is 1. The van der Waals surface area contributed by atoms with E-state index in [1.807, 2.05) is 0 Å². The molecule has 6 heteroatoms. The van der Waals surface area contributed by atoms with Gasteiger partial charge in [-0.3, -0.25) is 4.98 Å². The number of aromatic nitrogens is 2. The van der Waals surface area contributed by atoms with Crippen molar-refractivity contribution in [2.75, 3.05) is 0 Å². The molecule has 3 rings (SSSR count). The first-order valence-electron chi connectivity index (χ1n) is 6.38. The van der Waals surface area contributed by atoms with Gasteiger partial charge in [0.25, 0.3) is 0 Å². The highest BCUT2D eigenvalue weighted by atomic mass is 35.5. The van der Waals surface area contributed by atoms with Gasteiger partial charge < -0.3 is 10.1 Å². The molecule has 1 aliphatic rings. The van der Waals surface area contributed by atoms with E-state index in [-0.39, 0.29) is 5.02 Å². The molecule has 0 radical (unpaired) electrons. The highest BCUT2D eigenvalue weighted by Crippen LogP contribution is 2.24. The van der Waals surface area contributed by atoms with Crippen LogP contribution in [0.3, 0.4) is 0 Å². The third-order valence-electron chi connectivity index (χ3n) is 2.93. The van der Waals surface area contributed by atoms with Crippen LogP contribution in [-0.4, -0.2) is 16.0 Å². The zero-order valence-electron chi connectivity index (χ0n) is 10.6. The molecule has 0 spiro atoms. The lowest BCUT2D eigenvalue weighted by atomic mass is 10.3. The first-order valence-corrected chi connectivity index (χ1v) is 6.76. The Balaban J connectivity index is 1.69. The van der Waals surface area contributed by atoms with Gasteiger partial charge in [0.05, 0.1) is 16.9 Å². The topological polar surface area (TPSA) is 47.0 Å². The lowest BCUT2D eigenvalue weighted by Gasteiger charge is -2.07. The van der Waals surface area contributed by atoms with Crippen molar-refractivity contribution in [3.8, 4) is 11.6 Å². The second kappa shape index (κ2) is 5.73. The second-order valence-corrected chi connectivity index (χ2v) is 5.09. The first kappa shape index (κ1) is 13.3. The summed E-state index contributed by atoms with van der Waals surface area (Å²) < 4.78 is 18.8. The molecule has 1 N–H and O–H groups in total. The van der Waals surface area contributed by atoms with Crippen molar-refractivity contribution in [3.05, 3.63) is 47.1 Å². The van der Waals surface area contributed by atoms with Gasteiger partial charge in [-0.25, -0.2) is 9.37 Å². The van der Waals surface area contributed by atoms with Crippen molar-refractivity contribution < 1.29 is 9.13 Å².